The van der Waals surface area contributed by atoms with Crippen LogP contribution < -0.4 is 9.62 Å². The van der Waals surface area contributed by atoms with Crippen molar-refractivity contribution < 1.29 is 13.3 Å². The van der Waals surface area contributed by atoms with E-state index in [1.54, 1.807) is 24.3 Å². The standard InChI is InChI=1S/C12H19BrN2O2S/c1-3-15(4-2)10-9-14-18(16,17)12-8-6-5-7-11(12)13/h5-8,14H,3-4,9-10H2,1-2H3/p+1. The number of rotatable bonds is 7. The summed E-state index contributed by atoms with van der Waals surface area (Å²) in [5, 5.41) is 0. The van der Waals surface area contributed by atoms with Gasteiger partial charge in [-0.3, -0.25) is 0 Å². The molecule has 0 saturated carbocycles. The van der Waals surface area contributed by atoms with Crippen LogP contribution in [0.1, 0.15) is 13.8 Å². The zero-order chi connectivity index (χ0) is 13.6. The molecule has 0 aliphatic rings. The van der Waals surface area contributed by atoms with Gasteiger partial charge < -0.3 is 4.90 Å². The molecule has 1 aromatic carbocycles. The van der Waals surface area contributed by atoms with E-state index >= 15 is 0 Å². The maximum atomic E-state index is 12.1. The summed E-state index contributed by atoms with van der Waals surface area (Å²) < 4.78 is 27.3. The van der Waals surface area contributed by atoms with Gasteiger partial charge in [-0.2, -0.15) is 0 Å². The predicted molar refractivity (Wildman–Crippen MR) is 76.2 cm³/mol. The molecule has 1 aromatic rings. The Balaban J connectivity index is 2.64. The minimum Gasteiger partial charge on any atom is -0.334 e. The third-order valence-corrected chi connectivity index (χ3v) is 5.37. The Hall–Kier alpha value is -0.430. The Bertz CT molecular complexity index is 473. The number of hydrogen-bond acceptors (Lipinski definition) is 2. The zero-order valence-electron chi connectivity index (χ0n) is 10.7. The van der Waals surface area contributed by atoms with Gasteiger partial charge >= 0.3 is 0 Å². The van der Waals surface area contributed by atoms with E-state index < -0.39 is 10.0 Å². The van der Waals surface area contributed by atoms with Gasteiger partial charge in [0, 0.05) is 4.47 Å². The van der Waals surface area contributed by atoms with Gasteiger partial charge in [0.2, 0.25) is 10.0 Å². The van der Waals surface area contributed by atoms with E-state index in [2.05, 4.69) is 34.5 Å². The van der Waals surface area contributed by atoms with Crippen LogP contribution in [0, 0.1) is 0 Å². The summed E-state index contributed by atoms with van der Waals surface area (Å²) in [6.07, 6.45) is 0. The number of quaternary nitrogens is 1. The first-order valence-electron chi connectivity index (χ1n) is 6.09. The Labute approximate surface area is 118 Å². The van der Waals surface area contributed by atoms with Crippen molar-refractivity contribution in [3.8, 4) is 0 Å². The van der Waals surface area contributed by atoms with Gasteiger partial charge in [-0.25, -0.2) is 13.1 Å². The summed E-state index contributed by atoms with van der Waals surface area (Å²) in [6.45, 7) is 7.47. The molecular formula is C12H20BrN2O2S+. The van der Waals surface area contributed by atoms with Crippen LogP contribution in [0.3, 0.4) is 0 Å². The number of likely N-dealkylation sites (N-methyl/N-ethyl adjacent to an activating group) is 1. The average molecular weight is 336 g/mol. The molecule has 18 heavy (non-hydrogen) atoms. The normalized spacial score (nSPS) is 12.0. The SMILES string of the molecule is CC[NH+](CC)CCNS(=O)(=O)c1ccccc1Br. The molecular weight excluding hydrogens is 316 g/mol. The number of nitrogens with one attached hydrogen (secondary N) is 2. The largest absolute Gasteiger partial charge is 0.334 e. The molecule has 0 fully saturated rings. The van der Waals surface area contributed by atoms with Crippen molar-refractivity contribution in [3.05, 3.63) is 28.7 Å². The van der Waals surface area contributed by atoms with Gasteiger partial charge in [0.25, 0.3) is 0 Å². The number of halogens is 1. The fourth-order valence-electron chi connectivity index (χ4n) is 1.71. The van der Waals surface area contributed by atoms with Crippen molar-refractivity contribution in [3.63, 3.8) is 0 Å². The molecule has 4 nitrogen and oxygen atoms in total. The molecule has 0 atom stereocenters. The third-order valence-electron chi connectivity index (χ3n) is 2.90. The molecule has 0 bridgehead atoms. The smallest absolute Gasteiger partial charge is 0.241 e. The lowest BCUT2D eigenvalue weighted by Gasteiger charge is -2.15. The number of hydrogen-bond donors (Lipinski definition) is 2. The van der Waals surface area contributed by atoms with Gasteiger partial charge in [0.15, 0.2) is 0 Å². The molecule has 102 valence electrons. The molecule has 0 saturated heterocycles. The Kier molecular flexibility index (Phi) is 6.28. The van der Waals surface area contributed by atoms with Crippen LogP contribution in [0.15, 0.2) is 33.6 Å². The number of benzene rings is 1. The van der Waals surface area contributed by atoms with Crippen molar-refractivity contribution in [2.24, 2.45) is 0 Å². The first kappa shape index (κ1) is 15.6. The van der Waals surface area contributed by atoms with Crippen molar-refractivity contribution in [2.75, 3.05) is 26.2 Å². The van der Waals surface area contributed by atoms with Crippen LogP contribution in [-0.4, -0.2) is 34.6 Å². The summed E-state index contributed by atoms with van der Waals surface area (Å²) in [7, 11) is -3.41. The molecule has 0 heterocycles. The highest BCUT2D eigenvalue weighted by Gasteiger charge is 2.17. The van der Waals surface area contributed by atoms with Gasteiger partial charge in [0.05, 0.1) is 31.1 Å². The molecule has 0 amide bonds. The molecule has 1 rings (SSSR count). The highest BCUT2D eigenvalue weighted by molar-refractivity contribution is 9.10. The molecule has 0 aliphatic heterocycles. The van der Waals surface area contributed by atoms with E-state index in [0.717, 1.165) is 19.6 Å². The van der Waals surface area contributed by atoms with Crippen molar-refractivity contribution in [1.82, 2.24) is 4.72 Å². The van der Waals surface area contributed by atoms with E-state index in [1.165, 1.54) is 4.90 Å². The van der Waals surface area contributed by atoms with Crippen molar-refractivity contribution in [1.29, 1.82) is 0 Å². The lowest BCUT2D eigenvalue weighted by Crippen LogP contribution is -3.12. The van der Waals surface area contributed by atoms with Gasteiger partial charge in [-0.05, 0) is 41.9 Å². The Morgan fingerprint density at radius 2 is 1.83 bits per heavy atom. The predicted octanol–water partition coefficient (Wildman–Crippen LogP) is 0.652. The van der Waals surface area contributed by atoms with E-state index in [-0.39, 0.29) is 0 Å². The maximum absolute atomic E-state index is 12.1. The highest BCUT2D eigenvalue weighted by atomic mass is 79.9. The molecule has 0 unspecified atom stereocenters. The monoisotopic (exact) mass is 335 g/mol. The fourth-order valence-corrected chi connectivity index (χ4v) is 3.74. The Morgan fingerprint density at radius 3 is 2.39 bits per heavy atom. The maximum Gasteiger partial charge on any atom is 0.241 e. The van der Waals surface area contributed by atoms with Gasteiger partial charge in [-0.1, -0.05) is 12.1 Å². The minimum atomic E-state index is -3.41. The minimum absolute atomic E-state index is 0.291. The number of sulfonamides is 1. The van der Waals surface area contributed by atoms with Crippen LogP contribution in [-0.2, 0) is 10.0 Å². The first-order chi connectivity index (χ1) is 8.51. The quantitative estimate of drug-likeness (QED) is 0.768. The topological polar surface area (TPSA) is 50.6 Å². The first-order valence-corrected chi connectivity index (χ1v) is 8.36. The van der Waals surface area contributed by atoms with Crippen LogP contribution in [0.2, 0.25) is 0 Å². The summed E-state index contributed by atoms with van der Waals surface area (Å²) in [4.78, 5) is 1.67. The molecule has 0 aliphatic carbocycles. The van der Waals surface area contributed by atoms with Crippen molar-refractivity contribution in [2.45, 2.75) is 18.7 Å². The zero-order valence-corrected chi connectivity index (χ0v) is 13.1. The Morgan fingerprint density at radius 1 is 1.22 bits per heavy atom. The van der Waals surface area contributed by atoms with Crippen molar-refractivity contribution >= 4 is 26.0 Å². The van der Waals surface area contributed by atoms with Crippen LogP contribution in [0.4, 0.5) is 0 Å². The average Bonchev–Trinajstić information content (AvgIpc) is 2.35. The summed E-state index contributed by atoms with van der Waals surface area (Å²) in [5.74, 6) is 0. The second kappa shape index (κ2) is 7.23. The summed E-state index contributed by atoms with van der Waals surface area (Å²) >= 11 is 3.26. The molecule has 0 aromatic heterocycles. The second-order valence-electron chi connectivity index (χ2n) is 4.04. The summed E-state index contributed by atoms with van der Waals surface area (Å²) in [6, 6.07) is 6.83. The van der Waals surface area contributed by atoms with Gasteiger partial charge in [-0.15, -0.1) is 0 Å². The highest BCUT2D eigenvalue weighted by Crippen LogP contribution is 2.20. The van der Waals surface area contributed by atoms with Crippen LogP contribution >= 0.6 is 15.9 Å². The molecule has 0 spiro atoms. The van der Waals surface area contributed by atoms with E-state index in [0.29, 0.717) is 15.9 Å². The summed E-state index contributed by atoms with van der Waals surface area (Å²) in [5.41, 5.74) is 0. The lowest BCUT2D eigenvalue weighted by molar-refractivity contribution is -0.895. The molecule has 2 N–H and O–H groups in total. The van der Waals surface area contributed by atoms with E-state index in [4.69, 9.17) is 0 Å². The molecule has 6 heteroatoms. The fraction of sp³-hybridized carbons (Fsp3) is 0.500. The van der Waals surface area contributed by atoms with Crippen LogP contribution in [0.25, 0.3) is 0 Å². The van der Waals surface area contributed by atoms with E-state index in [1.807, 2.05) is 0 Å². The second-order valence-corrected chi connectivity index (χ2v) is 6.63. The van der Waals surface area contributed by atoms with Gasteiger partial charge in [0.1, 0.15) is 0 Å². The van der Waals surface area contributed by atoms with Crippen LogP contribution in [0.5, 0.6) is 0 Å². The third kappa shape index (κ3) is 4.35. The lowest BCUT2D eigenvalue weighted by atomic mass is 10.4. The van der Waals surface area contributed by atoms with E-state index in [9.17, 15) is 8.42 Å². The molecule has 0 radical (unpaired) electrons.